The first-order valence-electron chi connectivity index (χ1n) is 12.8. The van der Waals surface area contributed by atoms with Gasteiger partial charge in [0.05, 0.1) is 32.3 Å². The number of ether oxygens (including phenoxy) is 5. The Balaban J connectivity index is 1.48. The third kappa shape index (κ3) is 5.01. The molecular weight excluding hydrogens is 548 g/mol. The maximum atomic E-state index is 12.7. The minimum absolute atomic E-state index is 0.0725. The monoisotopic (exact) mass is 580 g/mol. The van der Waals surface area contributed by atoms with E-state index in [-0.39, 0.29) is 22.1 Å². The van der Waals surface area contributed by atoms with Gasteiger partial charge in [-0.25, -0.2) is 0 Å². The highest BCUT2D eigenvalue weighted by Crippen LogP contribution is 2.44. The number of hydrogen-bond donors (Lipinski definition) is 7. The quantitative estimate of drug-likeness (QED) is 0.165. The molecule has 3 aromatic rings. The van der Waals surface area contributed by atoms with Crippen LogP contribution in [0.25, 0.3) is 21.7 Å². The molecular formula is C27H32O14. The van der Waals surface area contributed by atoms with Crippen LogP contribution in [-0.2, 0) is 14.2 Å². The summed E-state index contributed by atoms with van der Waals surface area (Å²) < 4.78 is 33.4. The maximum absolute atomic E-state index is 12.7. The summed E-state index contributed by atoms with van der Waals surface area (Å²) in [6, 6.07) is 4.20. The van der Waals surface area contributed by atoms with Crippen molar-refractivity contribution >= 4 is 21.7 Å². The number of methoxy groups -OCH3 is 1. The van der Waals surface area contributed by atoms with E-state index in [0.29, 0.717) is 22.5 Å². The van der Waals surface area contributed by atoms with Crippen molar-refractivity contribution in [2.75, 3.05) is 26.9 Å². The first-order valence-corrected chi connectivity index (χ1v) is 12.8. The van der Waals surface area contributed by atoms with Gasteiger partial charge in [-0.1, -0.05) is 0 Å². The number of fused-ring (bicyclic) bond motifs is 2. The van der Waals surface area contributed by atoms with Gasteiger partial charge in [-0.2, -0.15) is 0 Å². The van der Waals surface area contributed by atoms with Crippen LogP contribution in [0, 0.1) is 13.8 Å². The lowest BCUT2D eigenvalue weighted by Crippen LogP contribution is -2.60. The number of aliphatic hydroxyl groups is 6. The third-order valence-electron chi connectivity index (χ3n) is 7.53. The lowest BCUT2D eigenvalue weighted by Gasteiger charge is -2.40. The summed E-state index contributed by atoms with van der Waals surface area (Å²) in [4.78, 5) is 12.7. The van der Waals surface area contributed by atoms with Gasteiger partial charge in [-0.05, 0) is 30.9 Å². The molecule has 1 aromatic heterocycles. The van der Waals surface area contributed by atoms with Crippen LogP contribution >= 0.6 is 0 Å². The minimum atomic E-state index is -1.94. The molecule has 5 rings (SSSR count). The average Bonchev–Trinajstić information content (AvgIpc) is 3.22. The Kier molecular flexibility index (Phi) is 7.88. The van der Waals surface area contributed by atoms with Gasteiger partial charge >= 0.3 is 0 Å². The number of aliphatic hydroxyl groups excluding tert-OH is 5. The molecule has 0 radical (unpaired) electrons. The molecule has 8 unspecified atom stereocenters. The summed E-state index contributed by atoms with van der Waals surface area (Å²) >= 11 is 0. The fraction of sp³-hybridized carbons (Fsp3) is 0.519. The van der Waals surface area contributed by atoms with Crippen molar-refractivity contribution in [1.29, 1.82) is 0 Å². The standard InChI is InChI=1S/C27H32O14/c1-10-4-13(29)19-15(39-10)5-12-11(2)14(36-3)6-16(18(12)21(19)31)40-25-23(33)22(32)20(30)17(41-25)7-37-26-24(34)27(35,8-28)9-38-26/h4-6,17,20,22-26,28,30-35H,7-9H2,1-3H3. The Morgan fingerprint density at radius 2 is 1.73 bits per heavy atom. The largest absolute Gasteiger partial charge is 0.506 e. The van der Waals surface area contributed by atoms with Crippen LogP contribution in [0.1, 0.15) is 11.3 Å². The van der Waals surface area contributed by atoms with Crippen LogP contribution < -0.4 is 14.9 Å². The molecule has 7 N–H and O–H groups in total. The molecule has 8 atom stereocenters. The first kappa shape index (κ1) is 29.4. The highest BCUT2D eigenvalue weighted by atomic mass is 16.7. The fourth-order valence-electron chi connectivity index (χ4n) is 5.11. The van der Waals surface area contributed by atoms with Crippen LogP contribution in [0.5, 0.6) is 17.2 Å². The Morgan fingerprint density at radius 3 is 2.39 bits per heavy atom. The van der Waals surface area contributed by atoms with E-state index in [1.807, 2.05) is 0 Å². The van der Waals surface area contributed by atoms with Gasteiger partial charge < -0.3 is 63.8 Å². The van der Waals surface area contributed by atoms with Gasteiger partial charge in [-0.3, -0.25) is 4.79 Å². The second-order valence-electron chi connectivity index (χ2n) is 10.3. The summed E-state index contributed by atoms with van der Waals surface area (Å²) in [6.45, 7) is 1.65. The minimum Gasteiger partial charge on any atom is -0.506 e. The van der Waals surface area contributed by atoms with E-state index in [9.17, 15) is 40.5 Å². The maximum Gasteiger partial charge on any atom is 0.229 e. The van der Waals surface area contributed by atoms with E-state index >= 15 is 0 Å². The zero-order valence-electron chi connectivity index (χ0n) is 22.4. The first-order chi connectivity index (χ1) is 19.4. The molecule has 3 heterocycles. The number of phenols is 1. The molecule has 2 aromatic carbocycles. The highest BCUT2D eigenvalue weighted by Gasteiger charge is 2.50. The van der Waals surface area contributed by atoms with Crippen LogP contribution in [-0.4, -0.2) is 111 Å². The van der Waals surface area contributed by atoms with Gasteiger partial charge in [0.1, 0.15) is 70.1 Å². The smallest absolute Gasteiger partial charge is 0.229 e. The van der Waals surface area contributed by atoms with Crippen LogP contribution in [0.4, 0.5) is 0 Å². The van der Waals surface area contributed by atoms with Crippen molar-refractivity contribution < 1.29 is 63.8 Å². The summed E-state index contributed by atoms with van der Waals surface area (Å²) in [5, 5.41) is 73.0. The Bertz CT molecular complexity index is 1500. The van der Waals surface area contributed by atoms with Crippen LogP contribution in [0.2, 0.25) is 0 Å². The Hall–Kier alpha value is -3.05. The van der Waals surface area contributed by atoms with Crippen molar-refractivity contribution in [3.63, 3.8) is 0 Å². The highest BCUT2D eigenvalue weighted by molar-refractivity contribution is 6.07. The van der Waals surface area contributed by atoms with E-state index in [0.717, 1.165) is 0 Å². The van der Waals surface area contributed by atoms with Crippen molar-refractivity contribution in [3.8, 4) is 17.2 Å². The molecule has 0 amide bonds. The molecule has 0 spiro atoms. The molecule has 14 nitrogen and oxygen atoms in total. The molecule has 14 heteroatoms. The molecule has 2 fully saturated rings. The molecule has 0 aliphatic carbocycles. The van der Waals surface area contributed by atoms with Gasteiger partial charge in [0.15, 0.2) is 11.7 Å². The Morgan fingerprint density at radius 1 is 1.00 bits per heavy atom. The lowest BCUT2D eigenvalue weighted by molar-refractivity contribution is -0.289. The molecule has 2 aliphatic rings. The average molecular weight is 581 g/mol. The Labute approximate surface area is 232 Å². The molecule has 2 aliphatic heterocycles. The summed E-state index contributed by atoms with van der Waals surface area (Å²) in [6.07, 6.45) is -11.1. The van der Waals surface area contributed by atoms with Gasteiger partial charge in [0.25, 0.3) is 0 Å². The van der Waals surface area contributed by atoms with E-state index in [1.165, 1.54) is 19.2 Å². The van der Waals surface area contributed by atoms with Crippen molar-refractivity contribution in [2.24, 2.45) is 0 Å². The van der Waals surface area contributed by atoms with E-state index in [2.05, 4.69) is 0 Å². The predicted octanol–water partition coefficient (Wildman–Crippen LogP) is -1.08. The van der Waals surface area contributed by atoms with Gasteiger partial charge in [-0.15, -0.1) is 0 Å². The van der Waals surface area contributed by atoms with Gasteiger partial charge in [0, 0.05) is 12.1 Å². The summed E-state index contributed by atoms with van der Waals surface area (Å²) in [7, 11) is 1.42. The lowest BCUT2D eigenvalue weighted by atomic mass is 9.98. The van der Waals surface area contributed by atoms with Crippen molar-refractivity contribution in [1.82, 2.24) is 0 Å². The van der Waals surface area contributed by atoms with E-state index in [1.54, 1.807) is 19.9 Å². The summed E-state index contributed by atoms with van der Waals surface area (Å²) in [5.41, 5.74) is -1.71. The molecule has 0 saturated carbocycles. The van der Waals surface area contributed by atoms with E-state index in [4.69, 9.17) is 28.1 Å². The number of benzene rings is 2. The topological polar surface area (TPSA) is 218 Å². The summed E-state index contributed by atoms with van der Waals surface area (Å²) in [5.74, 6) is 0.156. The number of phenolic OH excluding ortho intramolecular Hbond substituents is 1. The second-order valence-corrected chi connectivity index (χ2v) is 10.3. The number of aromatic hydroxyl groups is 1. The number of rotatable bonds is 7. The predicted molar refractivity (Wildman–Crippen MR) is 139 cm³/mol. The zero-order chi connectivity index (χ0) is 29.8. The molecule has 2 saturated heterocycles. The van der Waals surface area contributed by atoms with E-state index < -0.39 is 79.7 Å². The van der Waals surface area contributed by atoms with Crippen LogP contribution in [0.15, 0.2) is 27.4 Å². The van der Waals surface area contributed by atoms with Gasteiger partial charge in [0.2, 0.25) is 6.29 Å². The SMILES string of the molecule is COc1cc(OC2OC(COC3OCC(O)(CO)C3O)C(O)C(O)C2O)c2c(O)c3c(=O)cc(C)oc3cc2c1C. The normalized spacial score (nSPS) is 32.1. The fourth-order valence-corrected chi connectivity index (χ4v) is 5.11. The number of hydrogen-bond acceptors (Lipinski definition) is 14. The van der Waals surface area contributed by atoms with Crippen molar-refractivity contribution in [2.45, 2.75) is 62.5 Å². The van der Waals surface area contributed by atoms with Crippen molar-refractivity contribution in [3.05, 3.63) is 39.7 Å². The van der Waals surface area contributed by atoms with Crippen LogP contribution in [0.3, 0.4) is 0 Å². The molecule has 224 valence electrons. The zero-order valence-corrected chi connectivity index (χ0v) is 22.4. The second kappa shape index (κ2) is 11.0. The number of aryl methyl sites for hydroxylation is 2. The molecule has 0 bridgehead atoms. The molecule has 41 heavy (non-hydrogen) atoms. The third-order valence-corrected chi connectivity index (χ3v) is 7.53.